The van der Waals surface area contributed by atoms with Crippen molar-refractivity contribution in [1.82, 2.24) is 9.88 Å². The van der Waals surface area contributed by atoms with Gasteiger partial charge in [0.25, 0.3) is 0 Å². The molecule has 0 amide bonds. The van der Waals surface area contributed by atoms with Crippen molar-refractivity contribution in [2.24, 2.45) is 0 Å². The highest BCUT2D eigenvalue weighted by Gasteiger charge is 2.18. The molecule has 0 saturated heterocycles. The van der Waals surface area contributed by atoms with Crippen molar-refractivity contribution < 1.29 is 0 Å². The van der Waals surface area contributed by atoms with Crippen LogP contribution in [0.15, 0.2) is 48.5 Å². The normalized spacial score (nSPS) is 13.7. The van der Waals surface area contributed by atoms with E-state index < -0.39 is 0 Å². The molecule has 0 atom stereocenters. The first-order valence-corrected chi connectivity index (χ1v) is 9.99. The number of nitrogens with zero attached hydrogens (tertiary/aromatic N) is 1. The van der Waals surface area contributed by atoms with Crippen molar-refractivity contribution in [1.29, 1.82) is 0 Å². The molecule has 0 fully saturated rings. The van der Waals surface area contributed by atoms with Crippen LogP contribution in [0.5, 0.6) is 0 Å². The van der Waals surface area contributed by atoms with E-state index in [0.717, 1.165) is 26.1 Å². The van der Waals surface area contributed by atoms with Crippen LogP contribution in [0.2, 0.25) is 0 Å². The van der Waals surface area contributed by atoms with Gasteiger partial charge in [-0.3, -0.25) is 0 Å². The van der Waals surface area contributed by atoms with Crippen LogP contribution < -0.4 is 10.6 Å². The second-order valence-corrected chi connectivity index (χ2v) is 7.21. The number of aromatic nitrogens is 1. The molecule has 0 unspecified atom stereocenters. The molecule has 3 aromatic rings. The Bertz CT molecular complexity index is 878. The molecular formula is C23H29N3. The molecular weight excluding hydrogens is 318 g/mol. The summed E-state index contributed by atoms with van der Waals surface area (Å²) in [6, 6.07) is 17.6. The van der Waals surface area contributed by atoms with Crippen LogP contribution in [0.1, 0.15) is 36.6 Å². The molecule has 3 nitrogen and oxygen atoms in total. The second kappa shape index (κ2) is 7.96. The SMILES string of the molecule is CCNc1cccc(CNCCc2c3n(c4ccccc24)CCCC3)c1. The molecule has 26 heavy (non-hydrogen) atoms. The highest BCUT2D eigenvalue weighted by molar-refractivity contribution is 5.85. The van der Waals surface area contributed by atoms with Gasteiger partial charge in [-0.1, -0.05) is 30.3 Å². The average molecular weight is 348 g/mol. The highest BCUT2D eigenvalue weighted by atomic mass is 15.0. The van der Waals surface area contributed by atoms with Gasteiger partial charge in [0.1, 0.15) is 0 Å². The Balaban J connectivity index is 1.43. The van der Waals surface area contributed by atoms with Gasteiger partial charge < -0.3 is 15.2 Å². The number of anilines is 1. The molecule has 3 heteroatoms. The van der Waals surface area contributed by atoms with Crippen LogP contribution in [0.3, 0.4) is 0 Å². The number of rotatable bonds is 7. The van der Waals surface area contributed by atoms with Gasteiger partial charge in [-0.25, -0.2) is 0 Å². The average Bonchev–Trinajstić information content (AvgIpc) is 3.00. The van der Waals surface area contributed by atoms with E-state index in [0.29, 0.717) is 0 Å². The minimum Gasteiger partial charge on any atom is -0.385 e. The van der Waals surface area contributed by atoms with E-state index in [-0.39, 0.29) is 0 Å². The maximum Gasteiger partial charge on any atom is 0.0485 e. The highest BCUT2D eigenvalue weighted by Crippen LogP contribution is 2.30. The standard InChI is InChI=1S/C23H29N3/c1-2-25-19-9-7-8-18(16-19)17-24-14-13-21-20-10-3-4-11-22(20)26-15-6-5-12-23(21)26/h3-4,7-11,16,24-25H,2,5-6,12-15,17H2,1H3. The number of benzene rings is 2. The summed E-state index contributed by atoms with van der Waals surface area (Å²) < 4.78 is 2.56. The van der Waals surface area contributed by atoms with Crippen LogP contribution in [-0.2, 0) is 25.9 Å². The van der Waals surface area contributed by atoms with E-state index in [1.54, 1.807) is 11.3 Å². The number of fused-ring (bicyclic) bond motifs is 3. The molecule has 136 valence electrons. The lowest BCUT2D eigenvalue weighted by Gasteiger charge is -2.17. The third kappa shape index (κ3) is 3.49. The molecule has 2 aromatic carbocycles. The summed E-state index contributed by atoms with van der Waals surface area (Å²) in [4.78, 5) is 0. The van der Waals surface area contributed by atoms with Gasteiger partial charge >= 0.3 is 0 Å². The van der Waals surface area contributed by atoms with E-state index in [9.17, 15) is 0 Å². The summed E-state index contributed by atoms with van der Waals surface area (Å²) in [5.74, 6) is 0. The Morgan fingerprint density at radius 2 is 1.96 bits per heavy atom. The lowest BCUT2D eigenvalue weighted by atomic mass is 10.0. The van der Waals surface area contributed by atoms with Gasteiger partial charge in [0.2, 0.25) is 0 Å². The fraction of sp³-hybridized carbons (Fsp3) is 0.391. The lowest BCUT2D eigenvalue weighted by molar-refractivity contribution is 0.539. The summed E-state index contributed by atoms with van der Waals surface area (Å²) in [5.41, 5.74) is 7.12. The smallest absolute Gasteiger partial charge is 0.0485 e. The fourth-order valence-electron chi connectivity index (χ4n) is 4.25. The van der Waals surface area contributed by atoms with Crippen LogP contribution in [0.25, 0.3) is 10.9 Å². The van der Waals surface area contributed by atoms with Gasteiger partial charge in [0, 0.05) is 41.9 Å². The largest absolute Gasteiger partial charge is 0.385 e. The number of hydrogen-bond donors (Lipinski definition) is 2. The van der Waals surface area contributed by atoms with Gasteiger partial charge in [-0.15, -0.1) is 0 Å². The zero-order chi connectivity index (χ0) is 17.8. The van der Waals surface area contributed by atoms with E-state index >= 15 is 0 Å². The van der Waals surface area contributed by atoms with Crippen LogP contribution in [0.4, 0.5) is 5.69 Å². The summed E-state index contributed by atoms with van der Waals surface area (Å²) in [6.07, 6.45) is 4.98. The predicted molar refractivity (Wildman–Crippen MR) is 111 cm³/mol. The molecule has 2 heterocycles. The molecule has 1 aliphatic rings. The molecule has 0 bridgehead atoms. The molecule has 0 radical (unpaired) electrons. The van der Waals surface area contributed by atoms with Gasteiger partial charge in [0.05, 0.1) is 0 Å². The number of nitrogens with one attached hydrogen (secondary N) is 2. The maximum absolute atomic E-state index is 3.64. The molecule has 1 aliphatic heterocycles. The van der Waals surface area contributed by atoms with E-state index in [4.69, 9.17) is 0 Å². The van der Waals surface area contributed by atoms with E-state index in [1.807, 2.05) is 0 Å². The van der Waals surface area contributed by atoms with Crippen molar-refractivity contribution in [2.75, 3.05) is 18.4 Å². The van der Waals surface area contributed by atoms with Crippen molar-refractivity contribution in [3.05, 3.63) is 65.4 Å². The summed E-state index contributed by atoms with van der Waals surface area (Å²) in [5, 5.41) is 8.49. The van der Waals surface area contributed by atoms with Gasteiger partial charge in [0.15, 0.2) is 0 Å². The van der Waals surface area contributed by atoms with Crippen molar-refractivity contribution >= 4 is 16.6 Å². The summed E-state index contributed by atoms with van der Waals surface area (Å²) in [6.45, 7) is 6.22. The van der Waals surface area contributed by atoms with Gasteiger partial charge in [-0.2, -0.15) is 0 Å². The Kier molecular flexibility index (Phi) is 5.26. The third-order valence-corrected chi connectivity index (χ3v) is 5.43. The monoisotopic (exact) mass is 347 g/mol. The van der Waals surface area contributed by atoms with Crippen LogP contribution in [-0.4, -0.2) is 17.7 Å². The zero-order valence-corrected chi connectivity index (χ0v) is 15.7. The summed E-state index contributed by atoms with van der Waals surface area (Å²) >= 11 is 0. The van der Waals surface area contributed by atoms with Crippen LogP contribution >= 0.6 is 0 Å². The second-order valence-electron chi connectivity index (χ2n) is 7.21. The lowest BCUT2D eigenvalue weighted by Crippen LogP contribution is -2.18. The van der Waals surface area contributed by atoms with E-state index in [1.165, 1.54) is 48.0 Å². The molecule has 0 spiro atoms. The third-order valence-electron chi connectivity index (χ3n) is 5.43. The Hall–Kier alpha value is -2.26. The van der Waals surface area contributed by atoms with Gasteiger partial charge in [-0.05, 0) is 68.5 Å². The summed E-state index contributed by atoms with van der Waals surface area (Å²) in [7, 11) is 0. The molecule has 1 aromatic heterocycles. The zero-order valence-electron chi connectivity index (χ0n) is 15.7. The minimum atomic E-state index is 0.924. The number of para-hydroxylation sites is 1. The van der Waals surface area contributed by atoms with E-state index in [2.05, 4.69) is 70.7 Å². The van der Waals surface area contributed by atoms with Crippen LogP contribution in [0, 0.1) is 0 Å². The maximum atomic E-state index is 3.64. The first kappa shape index (κ1) is 17.2. The first-order valence-electron chi connectivity index (χ1n) is 9.99. The Morgan fingerprint density at radius 3 is 2.88 bits per heavy atom. The Morgan fingerprint density at radius 1 is 1.04 bits per heavy atom. The number of aryl methyl sites for hydroxylation is 1. The first-order chi connectivity index (χ1) is 12.9. The molecule has 4 rings (SSSR count). The van der Waals surface area contributed by atoms with Crippen molar-refractivity contribution in [3.63, 3.8) is 0 Å². The molecule has 2 N–H and O–H groups in total. The number of hydrogen-bond acceptors (Lipinski definition) is 2. The Labute approximate surface area is 156 Å². The van der Waals surface area contributed by atoms with Crippen molar-refractivity contribution in [2.45, 2.75) is 45.7 Å². The molecule has 0 aliphatic carbocycles. The molecule has 0 saturated carbocycles. The van der Waals surface area contributed by atoms with Crippen molar-refractivity contribution in [3.8, 4) is 0 Å². The predicted octanol–water partition coefficient (Wildman–Crippen LogP) is 4.74. The fourth-order valence-corrected chi connectivity index (χ4v) is 4.25. The topological polar surface area (TPSA) is 29.0 Å². The quantitative estimate of drug-likeness (QED) is 0.604. The minimum absolute atomic E-state index is 0.924.